The molecule has 0 radical (unpaired) electrons. The second-order valence-corrected chi connectivity index (χ2v) is 4.84. The first-order valence-electron chi connectivity index (χ1n) is 4.68. The SMILES string of the molecule is FC(F)(F)c1ccc(-c2csc(CBr)n2)cc1. The molecule has 0 amide bonds. The van der Waals surface area contributed by atoms with Gasteiger partial charge in [0, 0.05) is 10.9 Å². The summed E-state index contributed by atoms with van der Waals surface area (Å²) in [7, 11) is 0. The van der Waals surface area contributed by atoms with E-state index in [9.17, 15) is 13.2 Å². The molecule has 1 heterocycles. The summed E-state index contributed by atoms with van der Waals surface area (Å²) in [4.78, 5) is 4.28. The molecular weight excluding hydrogens is 315 g/mol. The summed E-state index contributed by atoms with van der Waals surface area (Å²) in [6.45, 7) is 0. The summed E-state index contributed by atoms with van der Waals surface area (Å²) in [6.07, 6.45) is -4.29. The molecular formula is C11H7BrF3NS. The van der Waals surface area contributed by atoms with Crippen molar-refractivity contribution in [2.24, 2.45) is 0 Å². The zero-order valence-electron chi connectivity index (χ0n) is 8.46. The van der Waals surface area contributed by atoms with Crippen molar-refractivity contribution in [1.82, 2.24) is 4.98 Å². The normalized spacial score (nSPS) is 11.8. The number of rotatable bonds is 2. The zero-order chi connectivity index (χ0) is 12.5. The number of benzene rings is 1. The fraction of sp³-hybridized carbons (Fsp3) is 0.182. The standard InChI is InChI=1S/C11H7BrF3NS/c12-5-10-16-9(6-17-10)7-1-3-8(4-2-7)11(13,14)15/h1-4,6H,5H2. The highest BCUT2D eigenvalue weighted by atomic mass is 79.9. The monoisotopic (exact) mass is 321 g/mol. The number of alkyl halides is 4. The number of hydrogen-bond donors (Lipinski definition) is 0. The third kappa shape index (κ3) is 2.87. The van der Waals surface area contributed by atoms with Gasteiger partial charge in [-0.15, -0.1) is 11.3 Å². The lowest BCUT2D eigenvalue weighted by Crippen LogP contribution is -2.03. The molecule has 0 bridgehead atoms. The number of nitrogens with zero attached hydrogens (tertiary/aromatic N) is 1. The highest BCUT2D eigenvalue weighted by molar-refractivity contribution is 9.08. The number of aromatic nitrogens is 1. The second kappa shape index (κ2) is 4.78. The second-order valence-electron chi connectivity index (χ2n) is 3.34. The molecule has 0 aliphatic rings. The Balaban J connectivity index is 2.29. The third-order valence-electron chi connectivity index (χ3n) is 2.17. The maximum atomic E-state index is 12.4. The summed E-state index contributed by atoms with van der Waals surface area (Å²) in [6, 6.07) is 5.02. The van der Waals surface area contributed by atoms with Crippen LogP contribution in [0.15, 0.2) is 29.6 Å². The fourth-order valence-electron chi connectivity index (χ4n) is 1.33. The maximum Gasteiger partial charge on any atom is 0.416 e. The van der Waals surface area contributed by atoms with Crippen LogP contribution in [-0.4, -0.2) is 4.98 Å². The van der Waals surface area contributed by atoms with Crippen LogP contribution in [0.1, 0.15) is 10.6 Å². The van der Waals surface area contributed by atoms with Gasteiger partial charge in [0.15, 0.2) is 0 Å². The fourth-order valence-corrected chi connectivity index (χ4v) is 2.51. The van der Waals surface area contributed by atoms with Gasteiger partial charge in [-0.2, -0.15) is 13.2 Å². The first-order chi connectivity index (χ1) is 8.00. The van der Waals surface area contributed by atoms with Gasteiger partial charge in [-0.05, 0) is 12.1 Å². The lowest BCUT2D eigenvalue weighted by molar-refractivity contribution is -0.137. The summed E-state index contributed by atoms with van der Waals surface area (Å²) in [5.41, 5.74) is 0.761. The Labute approximate surface area is 108 Å². The molecule has 0 unspecified atom stereocenters. The Morgan fingerprint density at radius 2 is 1.82 bits per heavy atom. The molecule has 0 saturated heterocycles. The molecule has 2 aromatic rings. The van der Waals surface area contributed by atoms with Crippen LogP contribution < -0.4 is 0 Å². The van der Waals surface area contributed by atoms with E-state index in [1.165, 1.54) is 23.5 Å². The topological polar surface area (TPSA) is 12.9 Å². The molecule has 0 N–H and O–H groups in total. The van der Waals surface area contributed by atoms with E-state index in [1.807, 2.05) is 5.38 Å². The van der Waals surface area contributed by atoms with Gasteiger partial charge in [0.05, 0.1) is 16.6 Å². The summed E-state index contributed by atoms with van der Waals surface area (Å²) in [5, 5.41) is 3.39. The van der Waals surface area contributed by atoms with E-state index in [0.29, 0.717) is 16.6 Å². The molecule has 0 atom stereocenters. The zero-order valence-corrected chi connectivity index (χ0v) is 10.9. The molecule has 1 aromatic heterocycles. The Morgan fingerprint density at radius 1 is 1.18 bits per heavy atom. The lowest BCUT2D eigenvalue weighted by Gasteiger charge is -2.06. The Hall–Kier alpha value is -0.880. The van der Waals surface area contributed by atoms with Gasteiger partial charge in [-0.3, -0.25) is 0 Å². The molecule has 0 aliphatic carbocycles. The van der Waals surface area contributed by atoms with Crippen LogP contribution in [-0.2, 0) is 11.5 Å². The average molecular weight is 322 g/mol. The van der Waals surface area contributed by atoms with Crippen molar-refractivity contribution in [3.8, 4) is 11.3 Å². The number of hydrogen-bond acceptors (Lipinski definition) is 2. The molecule has 2 rings (SSSR count). The smallest absolute Gasteiger partial charge is 0.240 e. The van der Waals surface area contributed by atoms with Gasteiger partial charge in [-0.25, -0.2) is 4.98 Å². The van der Waals surface area contributed by atoms with Gasteiger partial charge < -0.3 is 0 Å². The van der Waals surface area contributed by atoms with E-state index >= 15 is 0 Å². The van der Waals surface area contributed by atoms with Gasteiger partial charge >= 0.3 is 6.18 Å². The quantitative estimate of drug-likeness (QED) is 0.729. The summed E-state index contributed by atoms with van der Waals surface area (Å²) in [5.74, 6) is 0. The van der Waals surface area contributed by atoms with Crippen molar-refractivity contribution in [3.05, 3.63) is 40.2 Å². The Kier molecular flexibility index (Phi) is 3.53. The van der Waals surface area contributed by atoms with Gasteiger partial charge in [0.1, 0.15) is 5.01 Å². The average Bonchev–Trinajstić information content (AvgIpc) is 2.76. The molecule has 1 nitrogen and oxygen atoms in total. The van der Waals surface area contributed by atoms with Crippen molar-refractivity contribution in [3.63, 3.8) is 0 Å². The minimum Gasteiger partial charge on any atom is -0.240 e. The molecule has 17 heavy (non-hydrogen) atoms. The van der Waals surface area contributed by atoms with E-state index in [1.54, 1.807) is 0 Å². The molecule has 1 aromatic carbocycles. The van der Waals surface area contributed by atoms with Crippen LogP contribution in [0, 0.1) is 0 Å². The van der Waals surface area contributed by atoms with Crippen molar-refractivity contribution >= 4 is 27.3 Å². The summed E-state index contributed by atoms with van der Waals surface area (Å²) >= 11 is 4.75. The van der Waals surface area contributed by atoms with E-state index in [2.05, 4.69) is 20.9 Å². The third-order valence-corrected chi connectivity index (χ3v) is 3.93. The molecule has 0 spiro atoms. The van der Waals surface area contributed by atoms with E-state index in [4.69, 9.17) is 0 Å². The highest BCUT2D eigenvalue weighted by Crippen LogP contribution is 2.31. The first-order valence-corrected chi connectivity index (χ1v) is 6.69. The highest BCUT2D eigenvalue weighted by Gasteiger charge is 2.29. The molecule has 0 aliphatic heterocycles. The molecule has 90 valence electrons. The maximum absolute atomic E-state index is 12.4. The Bertz CT molecular complexity index is 504. The molecule has 0 saturated carbocycles. The van der Waals surface area contributed by atoms with Crippen LogP contribution in [0.3, 0.4) is 0 Å². The van der Waals surface area contributed by atoms with E-state index in [-0.39, 0.29) is 0 Å². The van der Waals surface area contributed by atoms with Crippen LogP contribution in [0.2, 0.25) is 0 Å². The van der Waals surface area contributed by atoms with Crippen LogP contribution >= 0.6 is 27.3 Å². The molecule has 0 fully saturated rings. The van der Waals surface area contributed by atoms with Crippen molar-refractivity contribution in [2.45, 2.75) is 11.5 Å². The van der Waals surface area contributed by atoms with Crippen molar-refractivity contribution in [2.75, 3.05) is 0 Å². The predicted octanol–water partition coefficient (Wildman–Crippen LogP) is 4.72. The summed E-state index contributed by atoms with van der Waals surface area (Å²) < 4.78 is 37.1. The van der Waals surface area contributed by atoms with Gasteiger partial charge in [0.2, 0.25) is 0 Å². The Morgan fingerprint density at radius 3 is 2.29 bits per heavy atom. The minimum absolute atomic E-state index is 0.641. The van der Waals surface area contributed by atoms with Gasteiger partial charge in [-0.1, -0.05) is 28.1 Å². The van der Waals surface area contributed by atoms with E-state index in [0.717, 1.165) is 17.1 Å². The first kappa shape index (κ1) is 12.6. The molecule has 6 heteroatoms. The van der Waals surface area contributed by atoms with Crippen molar-refractivity contribution in [1.29, 1.82) is 0 Å². The minimum atomic E-state index is -4.29. The lowest BCUT2D eigenvalue weighted by atomic mass is 10.1. The van der Waals surface area contributed by atoms with E-state index < -0.39 is 11.7 Å². The number of thiazole rings is 1. The number of halogens is 4. The van der Waals surface area contributed by atoms with Gasteiger partial charge in [0.25, 0.3) is 0 Å². The van der Waals surface area contributed by atoms with Crippen LogP contribution in [0.5, 0.6) is 0 Å². The largest absolute Gasteiger partial charge is 0.416 e. The van der Waals surface area contributed by atoms with Crippen LogP contribution in [0.4, 0.5) is 13.2 Å². The van der Waals surface area contributed by atoms with Crippen molar-refractivity contribution < 1.29 is 13.2 Å². The predicted molar refractivity (Wildman–Crippen MR) is 65.2 cm³/mol. The van der Waals surface area contributed by atoms with Crippen LogP contribution in [0.25, 0.3) is 11.3 Å².